The van der Waals surface area contributed by atoms with E-state index in [1.165, 1.54) is 28.7 Å². The van der Waals surface area contributed by atoms with Gasteiger partial charge in [-0.3, -0.25) is 10.1 Å². The zero-order valence-electron chi connectivity index (χ0n) is 14.8. The van der Waals surface area contributed by atoms with Crippen molar-refractivity contribution in [2.24, 2.45) is 0 Å². The quantitative estimate of drug-likeness (QED) is 0.626. The summed E-state index contributed by atoms with van der Waals surface area (Å²) in [7, 11) is 0. The van der Waals surface area contributed by atoms with E-state index in [4.69, 9.17) is 0 Å². The van der Waals surface area contributed by atoms with E-state index in [2.05, 4.69) is 49.3 Å². The van der Waals surface area contributed by atoms with Gasteiger partial charge in [0.25, 0.3) is 0 Å². The van der Waals surface area contributed by atoms with E-state index in [-0.39, 0.29) is 11.2 Å². The van der Waals surface area contributed by atoms with Gasteiger partial charge in [-0.25, -0.2) is 0 Å². The van der Waals surface area contributed by atoms with Crippen LogP contribution in [0.3, 0.4) is 0 Å². The average molecular weight is 389 g/mol. The summed E-state index contributed by atoms with van der Waals surface area (Å²) in [5.41, 5.74) is 1.18. The van der Waals surface area contributed by atoms with Gasteiger partial charge in [-0.1, -0.05) is 53.4 Å². The molecular formula is C17H20N6OS2. The van der Waals surface area contributed by atoms with Crippen LogP contribution in [0.5, 0.6) is 0 Å². The van der Waals surface area contributed by atoms with E-state index >= 15 is 0 Å². The lowest BCUT2D eigenvalue weighted by Gasteiger charge is -2.11. The van der Waals surface area contributed by atoms with E-state index in [0.29, 0.717) is 11.6 Å². The molecule has 26 heavy (non-hydrogen) atoms. The molecule has 0 radical (unpaired) electrons. The number of amides is 1. The molecule has 0 saturated heterocycles. The predicted molar refractivity (Wildman–Crippen MR) is 104 cm³/mol. The van der Waals surface area contributed by atoms with Crippen molar-refractivity contribution in [2.45, 2.75) is 44.1 Å². The molecule has 1 atom stereocenters. The maximum atomic E-state index is 12.4. The summed E-state index contributed by atoms with van der Waals surface area (Å²) in [6.07, 6.45) is 0.715. The number of anilines is 1. The zero-order valence-corrected chi connectivity index (χ0v) is 16.5. The molecule has 0 aliphatic rings. The number of hydrogen-bond acceptors (Lipinski definition) is 7. The molecule has 0 spiro atoms. The Hall–Kier alpha value is -2.26. The second-order valence-electron chi connectivity index (χ2n) is 5.68. The third-order valence-corrected chi connectivity index (χ3v) is 5.56. The third kappa shape index (κ3) is 4.47. The Balaban J connectivity index is 1.68. The highest BCUT2D eigenvalue weighted by Crippen LogP contribution is 2.25. The van der Waals surface area contributed by atoms with Gasteiger partial charge in [-0.2, -0.15) is 0 Å². The van der Waals surface area contributed by atoms with Gasteiger partial charge in [0.05, 0.1) is 5.25 Å². The Bertz CT molecular complexity index is 877. The van der Waals surface area contributed by atoms with Gasteiger partial charge in [0.2, 0.25) is 11.0 Å². The molecule has 0 bridgehead atoms. The minimum atomic E-state index is -0.321. The fourth-order valence-electron chi connectivity index (χ4n) is 2.40. The van der Waals surface area contributed by atoms with Crippen LogP contribution >= 0.6 is 23.1 Å². The number of nitrogens with zero attached hydrogens (tertiary/aromatic N) is 5. The smallest absolute Gasteiger partial charge is 0.239 e. The summed E-state index contributed by atoms with van der Waals surface area (Å²) in [5, 5.41) is 21.0. The fraction of sp³-hybridized carbons (Fsp3) is 0.353. The molecule has 3 rings (SSSR count). The van der Waals surface area contributed by atoms with Crippen LogP contribution in [0.2, 0.25) is 0 Å². The van der Waals surface area contributed by atoms with Crippen molar-refractivity contribution in [3.8, 4) is 0 Å². The molecule has 0 saturated carbocycles. The molecule has 3 aromatic rings. The molecule has 0 fully saturated rings. The highest BCUT2D eigenvalue weighted by molar-refractivity contribution is 8.00. The van der Waals surface area contributed by atoms with E-state index in [0.717, 1.165) is 22.5 Å². The van der Waals surface area contributed by atoms with Gasteiger partial charge < -0.3 is 4.57 Å². The van der Waals surface area contributed by atoms with Crippen molar-refractivity contribution in [3.63, 3.8) is 0 Å². The fourth-order valence-corrected chi connectivity index (χ4v) is 3.93. The predicted octanol–water partition coefficient (Wildman–Crippen LogP) is 3.17. The molecule has 0 aliphatic carbocycles. The Kier molecular flexibility index (Phi) is 6.00. The summed E-state index contributed by atoms with van der Waals surface area (Å²) >= 11 is 2.75. The first kappa shape index (κ1) is 18.5. The van der Waals surface area contributed by atoms with E-state index < -0.39 is 0 Å². The van der Waals surface area contributed by atoms with Crippen LogP contribution in [-0.2, 0) is 17.8 Å². The van der Waals surface area contributed by atoms with Crippen LogP contribution in [0, 0.1) is 6.92 Å². The summed E-state index contributed by atoms with van der Waals surface area (Å²) < 4.78 is 2.05. The number of hydrogen-bond donors (Lipinski definition) is 1. The van der Waals surface area contributed by atoms with Crippen LogP contribution in [0.4, 0.5) is 5.13 Å². The molecular weight excluding hydrogens is 368 g/mol. The first-order valence-electron chi connectivity index (χ1n) is 8.30. The second-order valence-corrected chi connectivity index (χ2v) is 8.17. The molecule has 1 amide bonds. The maximum Gasteiger partial charge on any atom is 0.239 e. The van der Waals surface area contributed by atoms with Crippen molar-refractivity contribution in [2.75, 3.05) is 5.32 Å². The molecule has 2 aromatic heterocycles. The summed E-state index contributed by atoms with van der Waals surface area (Å²) in [4.78, 5) is 12.4. The Morgan fingerprint density at radius 1 is 1.23 bits per heavy atom. The van der Waals surface area contributed by atoms with Crippen molar-refractivity contribution in [3.05, 3.63) is 46.7 Å². The lowest BCUT2D eigenvalue weighted by molar-refractivity contribution is -0.115. The number of nitrogens with one attached hydrogen (secondary N) is 1. The number of benzene rings is 1. The lowest BCUT2D eigenvalue weighted by Crippen LogP contribution is -2.23. The second kappa shape index (κ2) is 8.41. The summed E-state index contributed by atoms with van der Waals surface area (Å²) in [6.45, 7) is 6.50. The van der Waals surface area contributed by atoms with Crippen LogP contribution in [0.1, 0.15) is 30.2 Å². The molecule has 1 aromatic carbocycles. The Labute approximate surface area is 160 Å². The summed E-state index contributed by atoms with van der Waals surface area (Å²) in [5.74, 6) is 0.773. The molecule has 1 unspecified atom stereocenters. The number of thioether (sulfide) groups is 1. The Morgan fingerprint density at radius 2 is 2.00 bits per heavy atom. The molecule has 9 heteroatoms. The topological polar surface area (TPSA) is 85.6 Å². The van der Waals surface area contributed by atoms with Gasteiger partial charge in [0.1, 0.15) is 10.8 Å². The van der Waals surface area contributed by atoms with Crippen molar-refractivity contribution in [1.29, 1.82) is 0 Å². The minimum Gasteiger partial charge on any atom is -0.306 e. The molecule has 0 aliphatic heterocycles. The number of aryl methyl sites for hydroxylation is 1. The summed E-state index contributed by atoms with van der Waals surface area (Å²) in [6, 6.07) is 10.2. The lowest BCUT2D eigenvalue weighted by atomic mass is 10.1. The number of carbonyl (C=O) groups is 1. The third-order valence-electron chi connectivity index (χ3n) is 3.72. The van der Waals surface area contributed by atoms with Gasteiger partial charge >= 0.3 is 0 Å². The minimum absolute atomic E-state index is 0.124. The standard InChI is InChI=1S/C17H20N6OS2/c1-4-23-14(10-13-8-6-5-7-9-13)20-22-17(23)25-11(2)15(24)18-16-21-19-12(3)26-16/h5-9,11H,4,10H2,1-3H3,(H,18,21,24). The van der Waals surface area contributed by atoms with Crippen LogP contribution in [0.25, 0.3) is 0 Å². The largest absolute Gasteiger partial charge is 0.306 e. The molecule has 7 nitrogen and oxygen atoms in total. The number of aromatic nitrogens is 5. The normalized spacial score (nSPS) is 12.1. The highest BCUT2D eigenvalue weighted by atomic mass is 32.2. The van der Waals surface area contributed by atoms with Gasteiger partial charge in [0.15, 0.2) is 5.16 Å². The number of carbonyl (C=O) groups excluding carboxylic acids is 1. The van der Waals surface area contributed by atoms with Crippen molar-refractivity contribution < 1.29 is 4.79 Å². The van der Waals surface area contributed by atoms with Gasteiger partial charge in [-0.15, -0.1) is 20.4 Å². The monoisotopic (exact) mass is 388 g/mol. The zero-order chi connectivity index (χ0) is 18.5. The molecule has 136 valence electrons. The Morgan fingerprint density at radius 3 is 2.65 bits per heavy atom. The van der Waals surface area contributed by atoms with Crippen molar-refractivity contribution >= 4 is 34.1 Å². The van der Waals surface area contributed by atoms with Gasteiger partial charge in [0, 0.05) is 13.0 Å². The number of rotatable bonds is 7. The van der Waals surface area contributed by atoms with Crippen LogP contribution in [-0.4, -0.2) is 36.1 Å². The first-order valence-corrected chi connectivity index (χ1v) is 10.00. The van der Waals surface area contributed by atoms with E-state index in [9.17, 15) is 4.79 Å². The van der Waals surface area contributed by atoms with Crippen molar-refractivity contribution in [1.82, 2.24) is 25.0 Å². The van der Waals surface area contributed by atoms with Gasteiger partial charge in [-0.05, 0) is 26.3 Å². The van der Waals surface area contributed by atoms with Crippen LogP contribution < -0.4 is 5.32 Å². The average Bonchev–Trinajstić information content (AvgIpc) is 3.21. The highest BCUT2D eigenvalue weighted by Gasteiger charge is 2.20. The molecule has 1 N–H and O–H groups in total. The SMILES string of the molecule is CCn1c(Cc2ccccc2)nnc1SC(C)C(=O)Nc1nnc(C)s1. The maximum absolute atomic E-state index is 12.4. The van der Waals surface area contributed by atoms with E-state index in [1.807, 2.05) is 32.0 Å². The van der Waals surface area contributed by atoms with Crippen LogP contribution in [0.15, 0.2) is 35.5 Å². The van der Waals surface area contributed by atoms with E-state index in [1.54, 1.807) is 0 Å². The molecule has 2 heterocycles. The first-order chi connectivity index (χ1) is 12.6.